The Labute approximate surface area is 80.8 Å². The maximum atomic E-state index is 6.29. The van der Waals surface area contributed by atoms with Gasteiger partial charge in [-0.25, -0.2) is 0 Å². The van der Waals surface area contributed by atoms with E-state index < -0.39 is 0 Å². The monoisotopic (exact) mass is 183 g/mol. The van der Waals surface area contributed by atoms with Gasteiger partial charge in [0.05, 0.1) is 6.10 Å². The van der Waals surface area contributed by atoms with Gasteiger partial charge in [-0.1, -0.05) is 13.8 Å². The van der Waals surface area contributed by atoms with Crippen LogP contribution < -0.4 is 5.73 Å². The third-order valence-electron chi connectivity index (χ3n) is 3.57. The van der Waals surface area contributed by atoms with Crippen molar-refractivity contribution in [3.8, 4) is 0 Å². The fourth-order valence-electron chi connectivity index (χ4n) is 2.83. The molecule has 76 valence electrons. The first kappa shape index (κ1) is 9.47. The average molecular weight is 183 g/mol. The summed E-state index contributed by atoms with van der Waals surface area (Å²) >= 11 is 0. The Morgan fingerprint density at radius 2 is 2.08 bits per heavy atom. The first-order valence-corrected chi connectivity index (χ1v) is 5.54. The average Bonchev–Trinajstić information content (AvgIpc) is 2.62. The molecule has 2 aliphatic rings. The molecule has 1 saturated heterocycles. The van der Waals surface area contributed by atoms with E-state index in [1.807, 2.05) is 0 Å². The van der Waals surface area contributed by atoms with Gasteiger partial charge < -0.3 is 10.5 Å². The van der Waals surface area contributed by atoms with E-state index in [4.69, 9.17) is 10.5 Å². The highest BCUT2D eigenvalue weighted by Crippen LogP contribution is 2.47. The number of hydrogen-bond donors (Lipinski definition) is 1. The fourth-order valence-corrected chi connectivity index (χ4v) is 2.83. The van der Waals surface area contributed by atoms with Gasteiger partial charge in [0.25, 0.3) is 0 Å². The smallest absolute Gasteiger partial charge is 0.0624 e. The van der Waals surface area contributed by atoms with Gasteiger partial charge >= 0.3 is 0 Å². The molecule has 13 heavy (non-hydrogen) atoms. The number of hydrogen-bond acceptors (Lipinski definition) is 2. The van der Waals surface area contributed by atoms with Crippen molar-refractivity contribution in [1.29, 1.82) is 0 Å². The van der Waals surface area contributed by atoms with Crippen LogP contribution in [0.15, 0.2) is 0 Å². The SMILES string of the molecule is CC(C)C(C1CCCO1)C1(N)CC1. The molecule has 1 heterocycles. The van der Waals surface area contributed by atoms with Crippen LogP contribution in [0.3, 0.4) is 0 Å². The van der Waals surface area contributed by atoms with Crippen LogP contribution >= 0.6 is 0 Å². The molecule has 2 N–H and O–H groups in total. The zero-order chi connectivity index (χ0) is 9.47. The normalized spacial score (nSPS) is 33.7. The number of ether oxygens (including phenoxy) is 1. The molecule has 2 atom stereocenters. The Kier molecular flexibility index (Phi) is 2.37. The summed E-state index contributed by atoms with van der Waals surface area (Å²) in [6.45, 7) is 5.50. The lowest BCUT2D eigenvalue weighted by Crippen LogP contribution is -2.43. The van der Waals surface area contributed by atoms with Gasteiger partial charge in [-0.2, -0.15) is 0 Å². The van der Waals surface area contributed by atoms with Gasteiger partial charge in [0, 0.05) is 18.1 Å². The largest absolute Gasteiger partial charge is 0.378 e. The molecular weight excluding hydrogens is 162 g/mol. The second kappa shape index (κ2) is 3.25. The van der Waals surface area contributed by atoms with Crippen molar-refractivity contribution < 1.29 is 4.74 Å². The van der Waals surface area contributed by atoms with Crippen molar-refractivity contribution in [3.63, 3.8) is 0 Å². The van der Waals surface area contributed by atoms with E-state index >= 15 is 0 Å². The molecule has 1 aliphatic carbocycles. The molecule has 0 spiro atoms. The predicted molar refractivity (Wildman–Crippen MR) is 53.5 cm³/mol. The quantitative estimate of drug-likeness (QED) is 0.725. The Hall–Kier alpha value is -0.0800. The minimum absolute atomic E-state index is 0.128. The minimum Gasteiger partial charge on any atom is -0.378 e. The summed E-state index contributed by atoms with van der Waals surface area (Å²) < 4.78 is 5.76. The lowest BCUT2D eigenvalue weighted by molar-refractivity contribution is 0.0280. The minimum atomic E-state index is 0.128. The molecular formula is C11H21NO. The van der Waals surface area contributed by atoms with Crippen LogP contribution in [-0.4, -0.2) is 18.2 Å². The molecule has 0 bridgehead atoms. The summed E-state index contributed by atoms with van der Waals surface area (Å²) in [7, 11) is 0. The molecule has 1 saturated carbocycles. The molecule has 2 unspecified atom stereocenters. The zero-order valence-electron chi connectivity index (χ0n) is 8.75. The first-order chi connectivity index (χ1) is 6.13. The van der Waals surface area contributed by atoms with Gasteiger partial charge in [-0.05, 0) is 31.6 Å². The summed E-state index contributed by atoms with van der Waals surface area (Å²) in [5.74, 6) is 1.26. The molecule has 0 aromatic rings. The first-order valence-electron chi connectivity index (χ1n) is 5.54. The van der Waals surface area contributed by atoms with Crippen LogP contribution in [0.5, 0.6) is 0 Å². The Morgan fingerprint density at radius 3 is 2.46 bits per heavy atom. The van der Waals surface area contributed by atoms with Crippen LogP contribution in [0.25, 0.3) is 0 Å². The van der Waals surface area contributed by atoms with E-state index in [2.05, 4.69) is 13.8 Å². The van der Waals surface area contributed by atoms with E-state index in [0.29, 0.717) is 17.9 Å². The molecule has 0 aromatic heterocycles. The summed E-state index contributed by atoms with van der Waals surface area (Å²) in [4.78, 5) is 0. The molecule has 0 amide bonds. The maximum absolute atomic E-state index is 6.29. The third kappa shape index (κ3) is 1.75. The van der Waals surface area contributed by atoms with Crippen LogP contribution in [-0.2, 0) is 4.74 Å². The second-order valence-corrected chi connectivity index (χ2v) is 5.05. The lowest BCUT2D eigenvalue weighted by Gasteiger charge is -2.32. The van der Waals surface area contributed by atoms with E-state index in [0.717, 1.165) is 6.61 Å². The van der Waals surface area contributed by atoms with Gasteiger partial charge in [0.2, 0.25) is 0 Å². The van der Waals surface area contributed by atoms with Gasteiger partial charge in [0.15, 0.2) is 0 Å². The van der Waals surface area contributed by atoms with Crippen LogP contribution in [0.1, 0.15) is 39.5 Å². The summed E-state index contributed by atoms with van der Waals surface area (Å²) in [5.41, 5.74) is 6.42. The van der Waals surface area contributed by atoms with Crippen molar-refractivity contribution in [2.45, 2.75) is 51.2 Å². The van der Waals surface area contributed by atoms with Crippen molar-refractivity contribution in [2.75, 3.05) is 6.61 Å². The van der Waals surface area contributed by atoms with Crippen molar-refractivity contribution >= 4 is 0 Å². The third-order valence-corrected chi connectivity index (χ3v) is 3.57. The molecule has 2 rings (SSSR count). The number of rotatable bonds is 3. The van der Waals surface area contributed by atoms with Crippen LogP contribution in [0.4, 0.5) is 0 Å². The Balaban J connectivity index is 2.04. The van der Waals surface area contributed by atoms with Crippen LogP contribution in [0, 0.1) is 11.8 Å². The number of nitrogens with two attached hydrogens (primary N) is 1. The van der Waals surface area contributed by atoms with Crippen molar-refractivity contribution in [3.05, 3.63) is 0 Å². The summed E-state index contributed by atoms with van der Waals surface area (Å²) in [6, 6.07) is 0. The zero-order valence-corrected chi connectivity index (χ0v) is 8.75. The predicted octanol–water partition coefficient (Wildman–Crippen LogP) is 1.93. The highest BCUT2D eigenvalue weighted by molar-refractivity contribution is 5.07. The maximum Gasteiger partial charge on any atom is 0.0624 e. The van der Waals surface area contributed by atoms with Gasteiger partial charge in [-0.3, -0.25) is 0 Å². The molecule has 0 aromatic carbocycles. The van der Waals surface area contributed by atoms with E-state index in [1.165, 1.54) is 25.7 Å². The van der Waals surface area contributed by atoms with Crippen molar-refractivity contribution in [2.24, 2.45) is 17.6 Å². The van der Waals surface area contributed by atoms with E-state index in [-0.39, 0.29) is 5.54 Å². The Bertz CT molecular complexity index is 181. The Morgan fingerprint density at radius 1 is 1.38 bits per heavy atom. The van der Waals surface area contributed by atoms with E-state index in [9.17, 15) is 0 Å². The lowest BCUT2D eigenvalue weighted by atomic mass is 9.81. The van der Waals surface area contributed by atoms with Gasteiger partial charge in [-0.15, -0.1) is 0 Å². The standard InChI is InChI=1S/C11H21NO/c1-8(2)10(11(12)5-6-11)9-4-3-7-13-9/h8-10H,3-7,12H2,1-2H3. The molecule has 2 heteroatoms. The highest BCUT2D eigenvalue weighted by Gasteiger charge is 2.50. The van der Waals surface area contributed by atoms with Crippen molar-refractivity contribution in [1.82, 2.24) is 0 Å². The summed E-state index contributed by atoms with van der Waals surface area (Å²) in [5, 5.41) is 0. The fraction of sp³-hybridized carbons (Fsp3) is 1.00. The topological polar surface area (TPSA) is 35.2 Å². The van der Waals surface area contributed by atoms with Gasteiger partial charge in [0.1, 0.15) is 0 Å². The second-order valence-electron chi connectivity index (χ2n) is 5.05. The molecule has 2 nitrogen and oxygen atoms in total. The molecule has 2 fully saturated rings. The molecule has 1 aliphatic heterocycles. The summed E-state index contributed by atoms with van der Waals surface area (Å²) in [6.07, 6.45) is 5.31. The molecule has 0 radical (unpaired) electrons. The highest BCUT2D eigenvalue weighted by atomic mass is 16.5. The van der Waals surface area contributed by atoms with E-state index in [1.54, 1.807) is 0 Å². The van der Waals surface area contributed by atoms with Crippen LogP contribution in [0.2, 0.25) is 0 Å².